The fourth-order valence-electron chi connectivity index (χ4n) is 3.49. The SMILES string of the molecule is NC(c1cc(Cl)ccc1I)C1CCOC2(CCOCC2)C1. The lowest BCUT2D eigenvalue weighted by molar-refractivity contribution is -0.149. The number of hydrogen-bond acceptors (Lipinski definition) is 3. The topological polar surface area (TPSA) is 44.5 Å². The van der Waals surface area contributed by atoms with Crippen molar-refractivity contribution in [2.24, 2.45) is 11.7 Å². The summed E-state index contributed by atoms with van der Waals surface area (Å²) in [5.74, 6) is 0.448. The molecule has 3 rings (SSSR count). The van der Waals surface area contributed by atoms with Crippen molar-refractivity contribution >= 4 is 34.2 Å². The van der Waals surface area contributed by atoms with Gasteiger partial charge in [0.15, 0.2) is 0 Å². The third kappa shape index (κ3) is 3.55. The summed E-state index contributed by atoms with van der Waals surface area (Å²) in [6.45, 7) is 2.41. The Morgan fingerprint density at radius 3 is 2.81 bits per heavy atom. The first kappa shape index (κ1) is 16.0. The largest absolute Gasteiger partial charge is 0.381 e. The van der Waals surface area contributed by atoms with Gasteiger partial charge >= 0.3 is 0 Å². The monoisotopic (exact) mass is 421 g/mol. The van der Waals surface area contributed by atoms with Crippen LogP contribution in [0, 0.1) is 9.49 Å². The summed E-state index contributed by atoms with van der Waals surface area (Å²) in [6.07, 6.45) is 4.03. The van der Waals surface area contributed by atoms with Gasteiger partial charge in [0, 0.05) is 34.5 Å². The molecule has 1 aromatic carbocycles. The highest BCUT2D eigenvalue weighted by atomic mass is 127. The van der Waals surface area contributed by atoms with Crippen LogP contribution in [0.25, 0.3) is 0 Å². The maximum absolute atomic E-state index is 6.58. The lowest BCUT2D eigenvalue weighted by Crippen LogP contribution is -2.46. The standard InChI is InChI=1S/C16H21ClINO2/c17-12-1-2-14(18)13(9-12)15(19)11-3-6-21-16(10-11)4-7-20-8-5-16/h1-2,9,11,15H,3-8,10,19H2. The molecule has 2 saturated heterocycles. The second-order valence-electron chi connectivity index (χ2n) is 6.09. The number of ether oxygens (including phenoxy) is 2. The van der Waals surface area contributed by atoms with Crippen LogP contribution < -0.4 is 5.73 Å². The van der Waals surface area contributed by atoms with E-state index in [0.717, 1.165) is 56.1 Å². The van der Waals surface area contributed by atoms with Crippen LogP contribution in [0.3, 0.4) is 0 Å². The van der Waals surface area contributed by atoms with Gasteiger partial charge in [-0.25, -0.2) is 0 Å². The van der Waals surface area contributed by atoms with Crippen LogP contribution in [0.4, 0.5) is 0 Å². The zero-order valence-electron chi connectivity index (χ0n) is 12.0. The van der Waals surface area contributed by atoms with Gasteiger partial charge in [-0.3, -0.25) is 0 Å². The van der Waals surface area contributed by atoms with Crippen LogP contribution in [0.1, 0.15) is 37.3 Å². The zero-order valence-corrected chi connectivity index (χ0v) is 14.9. The van der Waals surface area contributed by atoms with Gasteiger partial charge in [-0.2, -0.15) is 0 Å². The average molecular weight is 422 g/mol. The van der Waals surface area contributed by atoms with Gasteiger partial charge in [0.25, 0.3) is 0 Å². The molecular formula is C16H21ClINO2. The number of benzene rings is 1. The van der Waals surface area contributed by atoms with E-state index in [4.69, 9.17) is 26.8 Å². The Hall–Kier alpha value is 0.120. The highest BCUT2D eigenvalue weighted by molar-refractivity contribution is 14.1. The molecule has 2 atom stereocenters. The summed E-state index contributed by atoms with van der Waals surface area (Å²) >= 11 is 8.49. The lowest BCUT2D eigenvalue weighted by Gasteiger charge is -2.45. The Morgan fingerprint density at radius 1 is 1.29 bits per heavy atom. The smallest absolute Gasteiger partial charge is 0.0729 e. The first-order chi connectivity index (χ1) is 10.1. The minimum Gasteiger partial charge on any atom is -0.381 e. The van der Waals surface area contributed by atoms with Crippen LogP contribution in [0.15, 0.2) is 18.2 Å². The molecule has 2 heterocycles. The predicted octanol–water partition coefficient (Wildman–Crippen LogP) is 3.92. The van der Waals surface area contributed by atoms with E-state index in [1.54, 1.807) is 0 Å². The van der Waals surface area contributed by atoms with E-state index in [1.165, 1.54) is 3.57 Å². The van der Waals surface area contributed by atoms with E-state index < -0.39 is 0 Å². The molecule has 2 N–H and O–H groups in total. The summed E-state index contributed by atoms with van der Waals surface area (Å²) in [5.41, 5.74) is 7.73. The van der Waals surface area contributed by atoms with Gasteiger partial charge in [0.2, 0.25) is 0 Å². The molecule has 5 heteroatoms. The van der Waals surface area contributed by atoms with Gasteiger partial charge in [0.1, 0.15) is 0 Å². The van der Waals surface area contributed by atoms with Gasteiger partial charge in [0.05, 0.1) is 5.60 Å². The molecule has 0 aromatic heterocycles. The first-order valence-electron chi connectivity index (χ1n) is 7.52. The molecule has 0 saturated carbocycles. The van der Waals surface area contributed by atoms with Crippen LogP contribution in [0.2, 0.25) is 5.02 Å². The van der Waals surface area contributed by atoms with Crippen molar-refractivity contribution < 1.29 is 9.47 Å². The van der Waals surface area contributed by atoms with Crippen molar-refractivity contribution in [3.8, 4) is 0 Å². The van der Waals surface area contributed by atoms with Gasteiger partial charge in [-0.1, -0.05) is 11.6 Å². The Labute approximate surface area is 144 Å². The second-order valence-corrected chi connectivity index (χ2v) is 7.69. The predicted molar refractivity (Wildman–Crippen MR) is 92.6 cm³/mol. The van der Waals surface area contributed by atoms with E-state index in [0.29, 0.717) is 5.92 Å². The Balaban J connectivity index is 1.77. The van der Waals surface area contributed by atoms with Crippen molar-refractivity contribution in [1.29, 1.82) is 0 Å². The van der Waals surface area contributed by atoms with Crippen molar-refractivity contribution in [2.75, 3.05) is 19.8 Å². The minimum atomic E-state index is -0.0111. The molecule has 3 nitrogen and oxygen atoms in total. The Kier molecular flexibility index (Phi) is 5.11. The molecule has 1 aromatic rings. The summed E-state index contributed by atoms with van der Waals surface area (Å²) in [7, 11) is 0. The van der Waals surface area contributed by atoms with Gasteiger partial charge in [-0.05, 0) is 78.0 Å². The van der Waals surface area contributed by atoms with Crippen LogP contribution in [-0.2, 0) is 9.47 Å². The number of halogens is 2. The highest BCUT2D eigenvalue weighted by Gasteiger charge is 2.41. The minimum absolute atomic E-state index is 0.0111. The van der Waals surface area contributed by atoms with E-state index in [1.807, 2.05) is 18.2 Å². The van der Waals surface area contributed by atoms with E-state index in [-0.39, 0.29) is 11.6 Å². The van der Waals surface area contributed by atoms with Crippen molar-refractivity contribution in [1.82, 2.24) is 0 Å². The number of rotatable bonds is 2. The Morgan fingerprint density at radius 2 is 2.05 bits per heavy atom. The molecule has 2 aliphatic heterocycles. The van der Waals surface area contributed by atoms with E-state index in [9.17, 15) is 0 Å². The van der Waals surface area contributed by atoms with Gasteiger partial charge < -0.3 is 15.2 Å². The molecule has 1 spiro atoms. The van der Waals surface area contributed by atoms with E-state index in [2.05, 4.69) is 22.6 Å². The molecule has 0 aliphatic carbocycles. The lowest BCUT2D eigenvalue weighted by atomic mass is 9.76. The highest BCUT2D eigenvalue weighted by Crippen LogP contribution is 2.42. The molecule has 2 aliphatic rings. The summed E-state index contributed by atoms with van der Waals surface area (Å²) in [4.78, 5) is 0. The third-order valence-electron chi connectivity index (χ3n) is 4.76. The molecule has 2 fully saturated rings. The average Bonchev–Trinajstić information content (AvgIpc) is 2.50. The fourth-order valence-corrected chi connectivity index (χ4v) is 4.36. The fraction of sp³-hybridized carbons (Fsp3) is 0.625. The summed E-state index contributed by atoms with van der Waals surface area (Å²) < 4.78 is 12.8. The maximum Gasteiger partial charge on any atom is 0.0729 e. The number of nitrogens with two attached hydrogens (primary N) is 1. The molecule has 2 unspecified atom stereocenters. The number of hydrogen-bond donors (Lipinski definition) is 1. The van der Waals surface area contributed by atoms with Crippen LogP contribution in [0.5, 0.6) is 0 Å². The third-order valence-corrected chi connectivity index (χ3v) is 5.98. The molecular weight excluding hydrogens is 401 g/mol. The normalized spacial score (nSPS) is 26.7. The van der Waals surface area contributed by atoms with Crippen LogP contribution >= 0.6 is 34.2 Å². The quantitative estimate of drug-likeness (QED) is 0.736. The van der Waals surface area contributed by atoms with Crippen molar-refractivity contribution in [3.05, 3.63) is 32.4 Å². The Bertz CT molecular complexity index is 500. The molecule has 0 amide bonds. The maximum atomic E-state index is 6.58. The van der Waals surface area contributed by atoms with E-state index >= 15 is 0 Å². The molecule has 21 heavy (non-hydrogen) atoms. The molecule has 0 bridgehead atoms. The second kappa shape index (κ2) is 6.71. The molecule has 0 radical (unpaired) electrons. The van der Waals surface area contributed by atoms with Crippen molar-refractivity contribution in [2.45, 2.75) is 37.3 Å². The van der Waals surface area contributed by atoms with Gasteiger partial charge in [-0.15, -0.1) is 0 Å². The molecule has 116 valence electrons. The summed E-state index contributed by atoms with van der Waals surface area (Å²) in [6, 6.07) is 6.00. The summed E-state index contributed by atoms with van der Waals surface area (Å²) in [5, 5.41) is 0.758. The zero-order chi connectivity index (χ0) is 14.9. The first-order valence-corrected chi connectivity index (χ1v) is 8.98. The van der Waals surface area contributed by atoms with Crippen molar-refractivity contribution in [3.63, 3.8) is 0 Å². The van der Waals surface area contributed by atoms with Crippen LogP contribution in [-0.4, -0.2) is 25.4 Å².